The number of para-hydroxylation sites is 1. The first kappa shape index (κ1) is 32.6. The molecule has 1 aromatic carbocycles. The summed E-state index contributed by atoms with van der Waals surface area (Å²) in [6, 6.07) is 10.6. The number of nitrogens with zero attached hydrogens (tertiary/aromatic N) is 2. The predicted molar refractivity (Wildman–Crippen MR) is 216 cm³/mol. The molecule has 2 saturated carbocycles. The van der Waals surface area contributed by atoms with Crippen molar-refractivity contribution in [2.45, 2.75) is 115 Å². The van der Waals surface area contributed by atoms with Gasteiger partial charge in [0.05, 0.1) is 5.92 Å². The Labute approximate surface area is 317 Å². The molecular formula is C50H56N2O. The SMILES string of the molecule is C=C1CC=CC2CCC(N3C4C=CC(N(C5=CCCC6Oc7ccccc7C56)C5=C6C7=CCCC=C7C(C)(C)C6CC=C5)=CC4C4C=CCCC43)CC12. The zero-order chi connectivity index (χ0) is 35.4. The van der Waals surface area contributed by atoms with Crippen molar-refractivity contribution in [1.29, 1.82) is 0 Å². The van der Waals surface area contributed by atoms with Crippen LogP contribution >= 0.6 is 0 Å². The number of ether oxygens (including phenoxy) is 1. The molecule has 53 heavy (non-hydrogen) atoms. The van der Waals surface area contributed by atoms with Crippen LogP contribution in [0.5, 0.6) is 5.75 Å². The second kappa shape index (κ2) is 12.4. The maximum atomic E-state index is 6.75. The Bertz CT molecular complexity index is 2030. The van der Waals surface area contributed by atoms with E-state index in [-0.39, 0.29) is 17.4 Å². The molecule has 0 bridgehead atoms. The summed E-state index contributed by atoms with van der Waals surface area (Å²) in [6.07, 6.45) is 43.8. The van der Waals surface area contributed by atoms with Gasteiger partial charge in [0, 0.05) is 52.6 Å². The fourth-order valence-electron chi connectivity index (χ4n) is 13.1. The van der Waals surface area contributed by atoms with Crippen molar-refractivity contribution in [3.63, 3.8) is 0 Å². The standard InChI is InChI=1S/C50H56N2O/c1-31-13-10-14-32-25-26-33(29-38(31)32)51-42-20-8-5-15-35(42)39-30-34(27-28-43(39)51)52(45-22-12-24-47-49(45)37-17-6-9-23-46(37)53-47)44-21-11-19-41-48(44)36-16-4-7-18-40(36)50(41,2)3/h5-6,9-11,14-18,21-23,27-28,30,32-33,35,38-39,41-43,47,49H,1,4,7-8,12-13,19-20,24-26,29H2,2-3H3. The molecule has 0 N–H and O–H groups in total. The molecule has 3 heteroatoms. The Morgan fingerprint density at radius 1 is 0.868 bits per heavy atom. The topological polar surface area (TPSA) is 15.7 Å². The second-order valence-corrected chi connectivity index (χ2v) is 18.4. The van der Waals surface area contributed by atoms with Crippen molar-refractivity contribution in [3.8, 4) is 5.75 Å². The van der Waals surface area contributed by atoms with Crippen LogP contribution in [0.3, 0.4) is 0 Å². The number of hydrogen-bond donors (Lipinski definition) is 0. The molecule has 0 radical (unpaired) electrons. The van der Waals surface area contributed by atoms with Gasteiger partial charge in [0.1, 0.15) is 11.9 Å². The summed E-state index contributed by atoms with van der Waals surface area (Å²) in [5, 5.41) is 0. The monoisotopic (exact) mass is 700 g/mol. The van der Waals surface area contributed by atoms with E-state index in [0.717, 1.165) is 44.3 Å². The van der Waals surface area contributed by atoms with Gasteiger partial charge < -0.3 is 9.64 Å². The van der Waals surface area contributed by atoms with Crippen molar-refractivity contribution in [1.82, 2.24) is 9.80 Å². The minimum atomic E-state index is 0.127. The molecule has 0 aromatic heterocycles. The lowest BCUT2D eigenvalue weighted by Gasteiger charge is -2.46. The molecule has 8 aliphatic carbocycles. The third kappa shape index (κ3) is 4.87. The van der Waals surface area contributed by atoms with Crippen molar-refractivity contribution < 1.29 is 4.74 Å². The third-order valence-electron chi connectivity index (χ3n) is 15.5. The first-order valence-electron chi connectivity index (χ1n) is 21.2. The molecule has 3 nitrogen and oxygen atoms in total. The summed E-state index contributed by atoms with van der Waals surface area (Å²) in [6.45, 7) is 9.61. The lowest BCUT2D eigenvalue weighted by Crippen LogP contribution is -2.49. The number of fused-ring (bicyclic) bond motifs is 10. The van der Waals surface area contributed by atoms with Crippen LogP contribution in [0, 0.1) is 35.0 Å². The van der Waals surface area contributed by atoms with Crippen LogP contribution in [0.1, 0.15) is 96.0 Å². The highest BCUT2D eigenvalue weighted by Gasteiger charge is 2.53. The lowest BCUT2D eigenvalue weighted by molar-refractivity contribution is 0.0768. The van der Waals surface area contributed by atoms with E-state index in [4.69, 9.17) is 4.74 Å². The average Bonchev–Trinajstić information content (AvgIpc) is 3.81. The van der Waals surface area contributed by atoms with Gasteiger partial charge in [-0.3, -0.25) is 4.90 Å². The summed E-state index contributed by atoms with van der Waals surface area (Å²) < 4.78 is 6.75. The molecule has 3 fully saturated rings. The number of rotatable bonds is 4. The lowest BCUT2D eigenvalue weighted by atomic mass is 9.69. The van der Waals surface area contributed by atoms with Gasteiger partial charge >= 0.3 is 0 Å². The normalized spacial score (nSPS) is 38.6. The van der Waals surface area contributed by atoms with Gasteiger partial charge in [-0.05, 0) is 129 Å². The molecular weight excluding hydrogens is 645 g/mol. The molecule has 10 aliphatic rings. The van der Waals surface area contributed by atoms with Gasteiger partial charge in [-0.25, -0.2) is 0 Å². The molecule has 2 heterocycles. The third-order valence-corrected chi connectivity index (χ3v) is 15.5. The van der Waals surface area contributed by atoms with E-state index < -0.39 is 0 Å². The minimum Gasteiger partial charge on any atom is -0.489 e. The molecule has 1 aromatic rings. The minimum absolute atomic E-state index is 0.127. The van der Waals surface area contributed by atoms with Crippen LogP contribution in [0.4, 0.5) is 0 Å². The smallest absolute Gasteiger partial charge is 0.123 e. The zero-order valence-electron chi connectivity index (χ0n) is 31.8. The van der Waals surface area contributed by atoms with Gasteiger partial charge in [-0.1, -0.05) is 105 Å². The van der Waals surface area contributed by atoms with Crippen LogP contribution in [0.2, 0.25) is 0 Å². The molecule has 0 spiro atoms. The van der Waals surface area contributed by atoms with Crippen molar-refractivity contribution in [2.75, 3.05) is 0 Å². The first-order valence-corrected chi connectivity index (χ1v) is 21.2. The number of benzene rings is 1. The quantitative estimate of drug-likeness (QED) is 0.291. The van der Waals surface area contributed by atoms with Crippen LogP contribution < -0.4 is 4.74 Å². The molecule has 10 unspecified atom stereocenters. The summed E-state index contributed by atoms with van der Waals surface area (Å²) in [7, 11) is 0. The maximum absolute atomic E-state index is 6.75. The highest BCUT2D eigenvalue weighted by Crippen LogP contribution is 2.60. The van der Waals surface area contributed by atoms with Gasteiger partial charge in [0.25, 0.3) is 0 Å². The summed E-state index contributed by atoms with van der Waals surface area (Å²) in [4.78, 5) is 5.79. The van der Waals surface area contributed by atoms with E-state index in [2.05, 4.69) is 127 Å². The second-order valence-electron chi connectivity index (χ2n) is 18.4. The van der Waals surface area contributed by atoms with Crippen molar-refractivity contribution in [2.24, 2.45) is 35.0 Å². The Morgan fingerprint density at radius 3 is 2.72 bits per heavy atom. The van der Waals surface area contributed by atoms with Crippen molar-refractivity contribution in [3.05, 3.63) is 149 Å². The number of likely N-dealkylation sites (tertiary alicyclic amines) is 1. The summed E-state index contributed by atoms with van der Waals surface area (Å²) >= 11 is 0. The van der Waals surface area contributed by atoms with Crippen LogP contribution in [-0.4, -0.2) is 34.0 Å². The van der Waals surface area contributed by atoms with E-state index in [1.807, 2.05) is 0 Å². The highest BCUT2D eigenvalue weighted by molar-refractivity contribution is 5.64. The Kier molecular flexibility index (Phi) is 7.60. The van der Waals surface area contributed by atoms with Crippen molar-refractivity contribution >= 4 is 0 Å². The van der Waals surface area contributed by atoms with E-state index in [0.29, 0.717) is 47.7 Å². The molecule has 1 saturated heterocycles. The maximum Gasteiger partial charge on any atom is 0.123 e. The Hall–Kier alpha value is -3.82. The van der Waals surface area contributed by atoms with Crippen LogP contribution in [-0.2, 0) is 0 Å². The van der Waals surface area contributed by atoms with Gasteiger partial charge in [0.15, 0.2) is 0 Å². The van der Waals surface area contributed by atoms with Gasteiger partial charge in [-0.2, -0.15) is 0 Å². The Balaban J connectivity index is 1.04. The first-order chi connectivity index (χ1) is 26.0. The molecule has 2 aliphatic heterocycles. The van der Waals surface area contributed by atoms with Gasteiger partial charge in [0.2, 0.25) is 0 Å². The highest BCUT2D eigenvalue weighted by atomic mass is 16.5. The Morgan fingerprint density at radius 2 is 1.77 bits per heavy atom. The number of allylic oxidation sites excluding steroid dienone is 13. The molecule has 0 amide bonds. The van der Waals surface area contributed by atoms with Gasteiger partial charge in [-0.15, -0.1) is 0 Å². The zero-order valence-corrected chi connectivity index (χ0v) is 31.8. The predicted octanol–water partition coefficient (Wildman–Crippen LogP) is 11.4. The van der Waals surface area contributed by atoms with E-state index in [9.17, 15) is 0 Å². The fourth-order valence-corrected chi connectivity index (χ4v) is 13.1. The van der Waals surface area contributed by atoms with E-state index in [1.54, 1.807) is 11.1 Å². The van der Waals surface area contributed by atoms with Crippen LogP contribution in [0.15, 0.2) is 143 Å². The van der Waals surface area contributed by atoms with E-state index >= 15 is 0 Å². The summed E-state index contributed by atoms with van der Waals surface area (Å²) in [5.41, 5.74) is 11.8. The average molecular weight is 701 g/mol. The molecule has 11 rings (SSSR count). The number of hydrogen-bond acceptors (Lipinski definition) is 3. The fraction of sp³-hybridized carbons (Fsp3) is 0.480. The van der Waals surface area contributed by atoms with E-state index in [1.165, 1.54) is 65.9 Å². The summed E-state index contributed by atoms with van der Waals surface area (Å²) in [5.74, 6) is 4.17. The van der Waals surface area contributed by atoms with Crippen LogP contribution in [0.25, 0.3) is 0 Å². The largest absolute Gasteiger partial charge is 0.489 e. The molecule has 10 atom stereocenters. The molecule has 272 valence electrons.